The molecule has 1 aliphatic heterocycles. The molecule has 0 radical (unpaired) electrons. The average Bonchev–Trinajstić information content (AvgIpc) is 2.65. The topological polar surface area (TPSA) is 61.8 Å². The Morgan fingerprint density at radius 2 is 2.07 bits per heavy atom. The van der Waals surface area contributed by atoms with E-state index >= 15 is 0 Å². The van der Waals surface area contributed by atoms with Crippen LogP contribution in [0.4, 0.5) is 13.2 Å². The first-order valence-electron chi connectivity index (χ1n) is 9.38. The molecule has 170 valence electrons. The molecule has 0 amide bonds. The molecule has 1 aromatic heterocycles. The minimum absolute atomic E-state index is 0. The first-order chi connectivity index (χ1) is 13.7. The van der Waals surface area contributed by atoms with Crippen LogP contribution in [-0.2, 0) is 6.18 Å². The van der Waals surface area contributed by atoms with Crippen molar-refractivity contribution in [2.75, 3.05) is 39.8 Å². The van der Waals surface area contributed by atoms with Crippen molar-refractivity contribution in [1.82, 2.24) is 20.5 Å². The first-order valence-corrected chi connectivity index (χ1v) is 9.76. The van der Waals surface area contributed by atoms with Gasteiger partial charge in [0, 0.05) is 38.9 Å². The molecule has 0 atom stereocenters. The van der Waals surface area contributed by atoms with Crippen LogP contribution in [0.15, 0.2) is 29.4 Å². The first kappa shape index (κ1) is 26.8. The molecule has 1 fully saturated rings. The van der Waals surface area contributed by atoms with E-state index in [9.17, 15) is 13.2 Å². The van der Waals surface area contributed by atoms with Crippen molar-refractivity contribution in [3.05, 3.63) is 35.0 Å². The summed E-state index contributed by atoms with van der Waals surface area (Å²) in [6.45, 7) is 9.49. The van der Waals surface area contributed by atoms with Crippen molar-refractivity contribution in [3.8, 4) is 5.88 Å². The van der Waals surface area contributed by atoms with E-state index in [2.05, 4.69) is 32.1 Å². The van der Waals surface area contributed by atoms with Gasteiger partial charge in [0.05, 0.1) is 12.1 Å². The lowest BCUT2D eigenvalue weighted by atomic mass is 10.0. The minimum atomic E-state index is -4.49. The number of guanidine groups is 1. The summed E-state index contributed by atoms with van der Waals surface area (Å²) in [7, 11) is 1.68. The molecule has 0 spiro atoms. The second kappa shape index (κ2) is 12.6. The Bertz CT molecular complexity index is 725. The van der Waals surface area contributed by atoms with Gasteiger partial charge in [-0.25, -0.2) is 4.98 Å². The summed E-state index contributed by atoms with van der Waals surface area (Å²) in [5.74, 6) is 0.618. The van der Waals surface area contributed by atoms with Crippen LogP contribution >= 0.6 is 35.6 Å². The Balaban J connectivity index is 0.00000450. The highest BCUT2D eigenvalue weighted by molar-refractivity contribution is 14.0. The second-order valence-corrected chi connectivity index (χ2v) is 7.42. The summed E-state index contributed by atoms with van der Waals surface area (Å²) >= 11 is 5.82. The van der Waals surface area contributed by atoms with Crippen LogP contribution in [0.2, 0.25) is 5.02 Å². The van der Waals surface area contributed by atoms with Crippen molar-refractivity contribution < 1.29 is 17.9 Å². The number of nitrogens with one attached hydrogen (secondary N) is 2. The maximum absolute atomic E-state index is 12.6. The van der Waals surface area contributed by atoms with E-state index in [1.807, 2.05) is 6.92 Å². The van der Waals surface area contributed by atoms with Crippen LogP contribution in [0.25, 0.3) is 0 Å². The highest BCUT2D eigenvalue weighted by atomic mass is 127. The zero-order valence-electron chi connectivity index (χ0n) is 17.1. The van der Waals surface area contributed by atoms with Gasteiger partial charge in [-0.1, -0.05) is 23.8 Å². The van der Waals surface area contributed by atoms with Gasteiger partial charge in [-0.2, -0.15) is 13.2 Å². The fourth-order valence-electron chi connectivity index (χ4n) is 3.01. The molecule has 1 aliphatic rings. The number of likely N-dealkylation sites (tertiary alicyclic amines) is 1. The third kappa shape index (κ3) is 8.84. The molecule has 11 heteroatoms. The maximum atomic E-state index is 12.6. The number of piperidine rings is 1. The largest absolute Gasteiger partial charge is 0.475 e. The Labute approximate surface area is 197 Å². The third-order valence-electron chi connectivity index (χ3n) is 4.41. The number of aromatic nitrogens is 1. The number of aliphatic imine (C=N–C) groups is 1. The van der Waals surface area contributed by atoms with Crippen molar-refractivity contribution in [1.29, 1.82) is 0 Å². The quantitative estimate of drug-likeness (QED) is 0.174. The molecule has 0 aliphatic carbocycles. The summed E-state index contributed by atoms with van der Waals surface area (Å²) in [5.41, 5.74) is 0.253. The summed E-state index contributed by atoms with van der Waals surface area (Å²) in [6.07, 6.45) is -1.77. The van der Waals surface area contributed by atoms with Crippen LogP contribution in [0.1, 0.15) is 25.3 Å². The van der Waals surface area contributed by atoms with Gasteiger partial charge in [0.2, 0.25) is 5.88 Å². The van der Waals surface area contributed by atoms with Crippen LogP contribution in [0.5, 0.6) is 5.88 Å². The molecule has 1 saturated heterocycles. The molecule has 0 aromatic carbocycles. The van der Waals surface area contributed by atoms with Crippen molar-refractivity contribution in [3.63, 3.8) is 0 Å². The number of nitrogens with zero attached hydrogens (tertiary/aromatic N) is 3. The number of hydrogen-bond acceptors (Lipinski definition) is 4. The highest BCUT2D eigenvalue weighted by Crippen LogP contribution is 2.32. The number of pyridine rings is 1. The lowest BCUT2D eigenvalue weighted by Crippen LogP contribution is -2.49. The highest BCUT2D eigenvalue weighted by Gasteiger charge is 2.31. The normalized spacial score (nSPS) is 16.0. The van der Waals surface area contributed by atoms with Gasteiger partial charge in [-0.3, -0.25) is 9.89 Å². The third-order valence-corrected chi connectivity index (χ3v) is 4.68. The molecule has 30 heavy (non-hydrogen) atoms. The smallest absolute Gasteiger partial charge is 0.417 e. The SMILES string of the molecule is C=C(C)CN1CCC(NC(=NC)NCCOc2ncc(C(F)(F)F)cc2Cl)CC1.I. The van der Waals surface area contributed by atoms with E-state index in [0.29, 0.717) is 24.7 Å². The van der Waals surface area contributed by atoms with E-state index in [0.717, 1.165) is 44.1 Å². The number of hydrogen-bond donors (Lipinski definition) is 2. The summed E-state index contributed by atoms with van der Waals surface area (Å²) < 4.78 is 43.3. The molecule has 0 saturated carbocycles. The molecule has 1 aromatic rings. The summed E-state index contributed by atoms with van der Waals surface area (Å²) in [6, 6.07) is 1.13. The predicted molar refractivity (Wildman–Crippen MR) is 124 cm³/mol. The number of rotatable bonds is 7. The zero-order valence-corrected chi connectivity index (χ0v) is 20.1. The molecule has 0 bridgehead atoms. The van der Waals surface area contributed by atoms with Gasteiger partial charge in [-0.15, -0.1) is 24.0 Å². The minimum Gasteiger partial charge on any atom is -0.475 e. The summed E-state index contributed by atoms with van der Waals surface area (Å²) in [5, 5.41) is 6.32. The molecular formula is C19H28ClF3IN5O. The number of alkyl halides is 3. The van der Waals surface area contributed by atoms with E-state index in [4.69, 9.17) is 16.3 Å². The second-order valence-electron chi connectivity index (χ2n) is 7.01. The average molecular weight is 562 g/mol. The van der Waals surface area contributed by atoms with Gasteiger partial charge in [0.15, 0.2) is 5.96 Å². The van der Waals surface area contributed by atoms with Crippen LogP contribution in [0, 0.1) is 0 Å². The van der Waals surface area contributed by atoms with Crippen molar-refractivity contribution in [2.45, 2.75) is 32.0 Å². The van der Waals surface area contributed by atoms with Gasteiger partial charge in [0.1, 0.15) is 11.6 Å². The van der Waals surface area contributed by atoms with Gasteiger partial charge < -0.3 is 15.4 Å². The lowest BCUT2D eigenvalue weighted by Gasteiger charge is -2.33. The van der Waals surface area contributed by atoms with E-state index < -0.39 is 11.7 Å². The lowest BCUT2D eigenvalue weighted by molar-refractivity contribution is -0.137. The van der Waals surface area contributed by atoms with Crippen LogP contribution in [0.3, 0.4) is 0 Å². The predicted octanol–water partition coefficient (Wildman–Crippen LogP) is 3.96. The Morgan fingerprint density at radius 3 is 2.60 bits per heavy atom. The van der Waals surface area contributed by atoms with Crippen LogP contribution in [-0.4, -0.2) is 61.7 Å². The fourth-order valence-corrected chi connectivity index (χ4v) is 3.23. The Morgan fingerprint density at radius 1 is 1.40 bits per heavy atom. The number of ether oxygens (including phenoxy) is 1. The summed E-state index contributed by atoms with van der Waals surface area (Å²) in [4.78, 5) is 10.2. The number of halogens is 5. The molecule has 0 unspecified atom stereocenters. The van der Waals surface area contributed by atoms with Gasteiger partial charge in [-0.05, 0) is 25.8 Å². The van der Waals surface area contributed by atoms with Crippen LogP contribution < -0.4 is 15.4 Å². The molecule has 2 heterocycles. The Kier molecular flexibility index (Phi) is 11.2. The fraction of sp³-hybridized carbons (Fsp3) is 0.579. The molecular weight excluding hydrogens is 534 g/mol. The van der Waals surface area contributed by atoms with Crippen molar-refractivity contribution >= 4 is 41.5 Å². The standard InChI is InChI=1S/C19H27ClF3N5O.HI/c1-13(2)12-28-7-4-15(5-8-28)27-18(24-3)25-6-9-29-17-16(20)10-14(11-26-17)19(21,22)23;/h10-11,15H,1,4-9,12H2,2-3H3,(H2,24,25,27);1H. The van der Waals surface area contributed by atoms with Gasteiger partial charge >= 0.3 is 6.18 Å². The zero-order chi connectivity index (χ0) is 21.4. The molecule has 6 nitrogen and oxygen atoms in total. The van der Waals surface area contributed by atoms with Gasteiger partial charge in [0.25, 0.3) is 0 Å². The molecule has 2 rings (SSSR count). The van der Waals surface area contributed by atoms with E-state index in [-0.39, 0.29) is 41.5 Å². The molecule has 2 N–H and O–H groups in total. The monoisotopic (exact) mass is 561 g/mol. The van der Waals surface area contributed by atoms with E-state index in [1.54, 1.807) is 7.05 Å². The van der Waals surface area contributed by atoms with Crippen molar-refractivity contribution in [2.24, 2.45) is 4.99 Å². The Hall–Kier alpha value is -1.27. The van der Waals surface area contributed by atoms with E-state index in [1.165, 1.54) is 0 Å². The maximum Gasteiger partial charge on any atom is 0.417 e.